The lowest BCUT2D eigenvalue weighted by molar-refractivity contribution is -0.139. The predicted octanol–water partition coefficient (Wildman–Crippen LogP) is 3.33. The van der Waals surface area contributed by atoms with E-state index in [1.807, 2.05) is 56.3 Å². The molecule has 152 valence electrons. The Morgan fingerprint density at radius 2 is 1.86 bits per heavy atom. The summed E-state index contributed by atoms with van der Waals surface area (Å²) in [4.78, 5) is 24.4. The Hall–Kier alpha value is -3.12. The number of hydrogen-bond donors (Lipinski definition) is 2. The van der Waals surface area contributed by atoms with Crippen molar-refractivity contribution in [1.29, 1.82) is 0 Å². The molecule has 1 heterocycles. The topological polar surface area (TPSA) is 80.6 Å². The number of fused-ring (bicyclic) bond motifs is 1. The van der Waals surface area contributed by atoms with Crippen LogP contribution in [0.15, 0.2) is 48.5 Å². The van der Waals surface area contributed by atoms with Crippen molar-refractivity contribution < 1.29 is 19.4 Å². The van der Waals surface area contributed by atoms with Crippen molar-refractivity contribution >= 4 is 22.8 Å². The highest BCUT2D eigenvalue weighted by molar-refractivity contribution is 6.00. The predicted molar refractivity (Wildman–Crippen MR) is 112 cm³/mol. The van der Waals surface area contributed by atoms with Crippen LogP contribution in [0.3, 0.4) is 0 Å². The number of aryl methyl sites for hydroxylation is 1. The van der Waals surface area contributed by atoms with Gasteiger partial charge in [-0.05, 0) is 43.2 Å². The number of methoxy groups -OCH3 is 1. The second-order valence-corrected chi connectivity index (χ2v) is 7.14. The summed E-state index contributed by atoms with van der Waals surface area (Å²) in [5.74, 6) is -1.45. The molecule has 1 amide bonds. The lowest BCUT2D eigenvalue weighted by atomic mass is 10.0. The van der Waals surface area contributed by atoms with Gasteiger partial charge in [-0.2, -0.15) is 0 Å². The summed E-state index contributed by atoms with van der Waals surface area (Å²) >= 11 is 0. The first kappa shape index (κ1) is 20.6. The number of nitrogens with one attached hydrogen (secondary N) is 1. The van der Waals surface area contributed by atoms with E-state index < -0.39 is 17.9 Å². The summed E-state index contributed by atoms with van der Waals surface area (Å²) in [5.41, 5.74) is 4.57. The first-order valence-corrected chi connectivity index (χ1v) is 9.58. The molecule has 0 saturated heterocycles. The quantitative estimate of drug-likeness (QED) is 0.614. The highest BCUT2D eigenvalue weighted by Crippen LogP contribution is 2.26. The SMILES string of the molecule is COCCn1c(C)c(C)c2cc(C(=O)NC(Cc3ccccc3)C(=O)O)ccc21. The number of hydrogen-bond acceptors (Lipinski definition) is 3. The number of rotatable bonds is 8. The molecule has 0 aliphatic heterocycles. The number of carboxylic acids is 1. The Balaban J connectivity index is 1.84. The van der Waals surface area contributed by atoms with Crippen LogP contribution in [0.2, 0.25) is 0 Å². The molecule has 0 spiro atoms. The summed E-state index contributed by atoms with van der Waals surface area (Å²) in [6.45, 7) is 5.41. The van der Waals surface area contributed by atoms with E-state index in [4.69, 9.17) is 4.74 Å². The average molecular weight is 394 g/mol. The summed E-state index contributed by atoms with van der Waals surface area (Å²) in [5, 5.41) is 13.2. The molecule has 0 aliphatic rings. The van der Waals surface area contributed by atoms with Crippen molar-refractivity contribution in [2.24, 2.45) is 0 Å². The molecule has 3 rings (SSSR count). The van der Waals surface area contributed by atoms with Gasteiger partial charge in [-0.1, -0.05) is 30.3 Å². The second kappa shape index (κ2) is 8.92. The van der Waals surface area contributed by atoms with Crippen molar-refractivity contribution in [2.75, 3.05) is 13.7 Å². The fourth-order valence-electron chi connectivity index (χ4n) is 3.55. The minimum atomic E-state index is -1.05. The number of carboxylic acid groups (broad SMARTS) is 1. The molecule has 6 nitrogen and oxygen atoms in total. The van der Waals surface area contributed by atoms with Gasteiger partial charge in [0.25, 0.3) is 5.91 Å². The Morgan fingerprint density at radius 3 is 2.52 bits per heavy atom. The number of nitrogens with zero attached hydrogens (tertiary/aromatic N) is 1. The van der Waals surface area contributed by atoms with Crippen LogP contribution in [0.4, 0.5) is 0 Å². The molecule has 2 N–H and O–H groups in total. The lowest BCUT2D eigenvalue weighted by Crippen LogP contribution is -2.42. The van der Waals surface area contributed by atoms with Crippen molar-refractivity contribution in [1.82, 2.24) is 9.88 Å². The molecule has 0 radical (unpaired) electrons. The monoisotopic (exact) mass is 394 g/mol. The molecule has 1 atom stereocenters. The zero-order valence-electron chi connectivity index (χ0n) is 16.9. The average Bonchev–Trinajstić information content (AvgIpc) is 2.96. The van der Waals surface area contributed by atoms with Crippen LogP contribution < -0.4 is 5.32 Å². The van der Waals surface area contributed by atoms with E-state index in [0.717, 1.165) is 34.3 Å². The van der Waals surface area contributed by atoms with Crippen LogP contribution in [-0.4, -0.2) is 41.3 Å². The van der Waals surface area contributed by atoms with Crippen molar-refractivity contribution in [3.05, 3.63) is 70.9 Å². The van der Waals surface area contributed by atoms with E-state index >= 15 is 0 Å². The summed E-state index contributed by atoms with van der Waals surface area (Å²) < 4.78 is 7.37. The minimum absolute atomic E-state index is 0.232. The molecule has 0 aliphatic carbocycles. The lowest BCUT2D eigenvalue weighted by Gasteiger charge is -2.15. The molecule has 0 bridgehead atoms. The van der Waals surface area contributed by atoms with Crippen LogP contribution in [0.25, 0.3) is 10.9 Å². The molecule has 6 heteroatoms. The standard InChI is InChI=1S/C23H26N2O4/c1-15-16(2)25(11-12-29-3)21-10-9-18(14-19(15)21)22(26)24-20(23(27)28)13-17-7-5-4-6-8-17/h4-10,14,20H,11-13H2,1-3H3,(H,24,26)(H,27,28). The molecule has 1 unspecified atom stereocenters. The van der Waals surface area contributed by atoms with E-state index in [-0.39, 0.29) is 6.42 Å². The number of carbonyl (C=O) groups is 2. The van der Waals surface area contributed by atoms with Crippen molar-refractivity contribution in [3.8, 4) is 0 Å². The number of aromatic nitrogens is 1. The zero-order valence-corrected chi connectivity index (χ0v) is 16.9. The Labute approximate surface area is 170 Å². The van der Waals surface area contributed by atoms with Crippen molar-refractivity contribution in [3.63, 3.8) is 0 Å². The largest absolute Gasteiger partial charge is 0.480 e. The van der Waals surface area contributed by atoms with Gasteiger partial charge in [0.1, 0.15) is 6.04 Å². The number of carbonyl (C=O) groups excluding carboxylic acids is 1. The maximum atomic E-state index is 12.8. The molecule has 3 aromatic rings. The molecular formula is C23H26N2O4. The number of ether oxygens (including phenoxy) is 1. The van der Waals surface area contributed by atoms with Crippen molar-refractivity contribution in [2.45, 2.75) is 32.9 Å². The summed E-state index contributed by atoms with van der Waals surface area (Å²) in [6, 6.07) is 13.8. The van der Waals surface area contributed by atoms with Crippen LogP contribution in [0.1, 0.15) is 27.2 Å². The summed E-state index contributed by atoms with van der Waals surface area (Å²) in [6.07, 6.45) is 0.232. The summed E-state index contributed by atoms with van der Waals surface area (Å²) in [7, 11) is 1.67. The molecule has 0 fully saturated rings. The van der Waals surface area contributed by atoms with Gasteiger partial charge in [0.05, 0.1) is 6.61 Å². The van der Waals surface area contributed by atoms with E-state index in [1.165, 1.54) is 0 Å². The molecule has 0 saturated carbocycles. The highest BCUT2D eigenvalue weighted by atomic mass is 16.5. The van der Waals surface area contributed by atoms with Crippen LogP contribution in [-0.2, 0) is 22.5 Å². The van der Waals surface area contributed by atoms with Gasteiger partial charge >= 0.3 is 5.97 Å². The maximum absolute atomic E-state index is 12.8. The van der Waals surface area contributed by atoms with Crippen LogP contribution >= 0.6 is 0 Å². The van der Waals surface area contributed by atoms with Gasteiger partial charge in [-0.25, -0.2) is 4.79 Å². The fourth-order valence-corrected chi connectivity index (χ4v) is 3.55. The zero-order chi connectivity index (χ0) is 21.0. The van der Waals surface area contributed by atoms with Gasteiger partial charge in [-0.15, -0.1) is 0 Å². The molecule has 1 aromatic heterocycles. The minimum Gasteiger partial charge on any atom is -0.480 e. The third-order valence-corrected chi connectivity index (χ3v) is 5.31. The van der Waals surface area contributed by atoms with E-state index in [9.17, 15) is 14.7 Å². The maximum Gasteiger partial charge on any atom is 0.326 e. The van der Waals surface area contributed by atoms with Gasteiger partial charge in [0, 0.05) is 42.2 Å². The third kappa shape index (κ3) is 4.49. The normalized spacial score (nSPS) is 12.1. The highest BCUT2D eigenvalue weighted by Gasteiger charge is 2.22. The first-order valence-electron chi connectivity index (χ1n) is 9.58. The molecule has 29 heavy (non-hydrogen) atoms. The first-order chi connectivity index (χ1) is 13.9. The van der Waals surface area contributed by atoms with E-state index in [2.05, 4.69) is 9.88 Å². The second-order valence-electron chi connectivity index (χ2n) is 7.14. The van der Waals surface area contributed by atoms with Gasteiger partial charge in [-0.3, -0.25) is 4.79 Å². The number of amides is 1. The van der Waals surface area contributed by atoms with Gasteiger partial charge in [0.2, 0.25) is 0 Å². The Kier molecular flexibility index (Phi) is 6.34. The van der Waals surface area contributed by atoms with Gasteiger partial charge < -0.3 is 19.7 Å². The number of aliphatic carboxylic acids is 1. The number of benzene rings is 2. The van der Waals surface area contributed by atoms with Crippen LogP contribution in [0.5, 0.6) is 0 Å². The van der Waals surface area contributed by atoms with E-state index in [0.29, 0.717) is 12.2 Å². The Morgan fingerprint density at radius 1 is 1.14 bits per heavy atom. The third-order valence-electron chi connectivity index (χ3n) is 5.31. The van der Waals surface area contributed by atoms with Gasteiger partial charge in [0.15, 0.2) is 0 Å². The fraction of sp³-hybridized carbons (Fsp3) is 0.304. The smallest absolute Gasteiger partial charge is 0.326 e. The Bertz CT molecular complexity index is 1020. The molecular weight excluding hydrogens is 368 g/mol. The molecule has 2 aromatic carbocycles. The van der Waals surface area contributed by atoms with Crippen LogP contribution in [0, 0.1) is 13.8 Å². The van der Waals surface area contributed by atoms with E-state index in [1.54, 1.807) is 13.2 Å².